The number of pyridine rings is 1. The van der Waals surface area contributed by atoms with Gasteiger partial charge in [0, 0.05) is 16.7 Å². The van der Waals surface area contributed by atoms with Gasteiger partial charge < -0.3 is 4.74 Å². The largest absolute Gasteiger partial charge is 0.464 e. The average molecular weight is 247 g/mol. The first-order valence-electron chi connectivity index (χ1n) is 4.94. The van der Waals surface area contributed by atoms with Crippen molar-refractivity contribution in [2.75, 3.05) is 7.11 Å². The Morgan fingerprint density at radius 2 is 2.12 bits per heavy atom. The van der Waals surface area contributed by atoms with Crippen LogP contribution < -0.4 is 0 Å². The van der Waals surface area contributed by atoms with Gasteiger partial charge in [-0.05, 0) is 18.2 Å². The summed E-state index contributed by atoms with van der Waals surface area (Å²) >= 11 is 6.05. The van der Waals surface area contributed by atoms with Crippen LogP contribution in [0.4, 0.5) is 0 Å². The van der Waals surface area contributed by atoms with E-state index in [-0.39, 0.29) is 5.69 Å². The lowest BCUT2D eigenvalue weighted by molar-refractivity contribution is 0.0594. The lowest BCUT2D eigenvalue weighted by atomic mass is 10.1. The zero-order valence-electron chi connectivity index (χ0n) is 9.11. The van der Waals surface area contributed by atoms with Crippen LogP contribution in [0.15, 0.2) is 36.4 Å². The highest BCUT2D eigenvalue weighted by Crippen LogP contribution is 2.25. The molecule has 0 aliphatic carbocycles. The summed E-state index contributed by atoms with van der Waals surface area (Å²) in [6.45, 7) is 0. The average Bonchev–Trinajstić information content (AvgIpc) is 2.38. The third-order valence-corrected chi connectivity index (χ3v) is 2.55. The molecule has 0 unspecified atom stereocenters. The zero-order valence-corrected chi connectivity index (χ0v) is 9.86. The van der Waals surface area contributed by atoms with Crippen LogP contribution in [0, 0.1) is 6.07 Å². The first kappa shape index (κ1) is 11.6. The minimum atomic E-state index is -0.479. The number of nitrogens with zero attached hydrogens (tertiary/aromatic N) is 1. The third-order valence-electron chi connectivity index (χ3n) is 2.22. The summed E-state index contributed by atoms with van der Waals surface area (Å²) in [5.74, 6) is -0.479. The number of halogens is 1. The molecule has 2 rings (SSSR count). The van der Waals surface area contributed by atoms with Crippen LogP contribution in [-0.4, -0.2) is 18.1 Å². The number of hydrogen-bond acceptors (Lipinski definition) is 3. The molecule has 0 spiro atoms. The van der Waals surface area contributed by atoms with Gasteiger partial charge in [-0.25, -0.2) is 9.78 Å². The summed E-state index contributed by atoms with van der Waals surface area (Å²) in [5.41, 5.74) is 1.50. The maximum absolute atomic E-state index is 11.4. The van der Waals surface area contributed by atoms with Crippen LogP contribution >= 0.6 is 11.6 Å². The Bertz CT molecular complexity index is 555. The predicted molar refractivity (Wildman–Crippen MR) is 64.9 cm³/mol. The third kappa shape index (κ3) is 2.45. The van der Waals surface area contributed by atoms with E-state index in [9.17, 15) is 4.79 Å². The van der Waals surface area contributed by atoms with Gasteiger partial charge in [-0.2, -0.15) is 0 Å². The lowest BCUT2D eigenvalue weighted by Crippen LogP contribution is -2.04. The number of benzene rings is 1. The van der Waals surface area contributed by atoms with E-state index in [0.717, 1.165) is 5.56 Å². The first-order valence-corrected chi connectivity index (χ1v) is 5.32. The van der Waals surface area contributed by atoms with Crippen molar-refractivity contribution >= 4 is 17.6 Å². The second kappa shape index (κ2) is 4.97. The summed E-state index contributed by atoms with van der Waals surface area (Å²) in [7, 11) is 1.32. The van der Waals surface area contributed by atoms with Crippen LogP contribution in [-0.2, 0) is 4.74 Å². The van der Waals surface area contributed by atoms with Crippen molar-refractivity contribution in [1.29, 1.82) is 0 Å². The smallest absolute Gasteiger partial charge is 0.356 e. The number of carbonyl (C=O) groups is 1. The van der Waals surface area contributed by atoms with Crippen LogP contribution in [0.5, 0.6) is 0 Å². The minimum Gasteiger partial charge on any atom is -0.464 e. The summed E-state index contributed by atoms with van der Waals surface area (Å²) in [5, 5.41) is 0.568. The quantitative estimate of drug-likeness (QED) is 0.765. The van der Waals surface area contributed by atoms with Gasteiger partial charge in [-0.3, -0.25) is 0 Å². The van der Waals surface area contributed by atoms with Crippen LogP contribution in [0.2, 0.25) is 5.02 Å². The molecule has 3 nitrogen and oxygen atoms in total. The van der Waals surface area contributed by atoms with E-state index >= 15 is 0 Å². The van der Waals surface area contributed by atoms with E-state index in [4.69, 9.17) is 11.6 Å². The summed E-state index contributed by atoms with van der Waals surface area (Å²) < 4.78 is 4.61. The standard InChI is InChI=1S/C13H9ClNO2/c1-17-13(16)12-8-4-7-11(15-12)9-5-2-3-6-10(9)14/h2-6,8H,1H3. The SMILES string of the molecule is COC(=O)c1cc[c]c(-c2ccccc2Cl)n1. The van der Waals surface area contributed by atoms with E-state index in [0.29, 0.717) is 10.7 Å². The van der Waals surface area contributed by atoms with E-state index in [1.165, 1.54) is 7.11 Å². The van der Waals surface area contributed by atoms with Crippen molar-refractivity contribution in [1.82, 2.24) is 4.98 Å². The molecule has 1 radical (unpaired) electrons. The van der Waals surface area contributed by atoms with Crippen molar-refractivity contribution in [3.8, 4) is 11.3 Å². The number of esters is 1. The molecule has 0 bridgehead atoms. The topological polar surface area (TPSA) is 39.2 Å². The van der Waals surface area contributed by atoms with Crippen molar-refractivity contribution < 1.29 is 9.53 Å². The fourth-order valence-electron chi connectivity index (χ4n) is 1.40. The van der Waals surface area contributed by atoms with Crippen molar-refractivity contribution in [3.05, 3.63) is 53.2 Å². The van der Waals surface area contributed by atoms with E-state index in [1.54, 1.807) is 18.2 Å². The molecule has 0 aliphatic rings. The second-order valence-corrected chi connectivity index (χ2v) is 3.70. The molecule has 0 saturated carbocycles. The van der Waals surface area contributed by atoms with Crippen LogP contribution in [0.3, 0.4) is 0 Å². The summed E-state index contributed by atoms with van der Waals surface area (Å²) in [6.07, 6.45) is 0. The fourth-order valence-corrected chi connectivity index (χ4v) is 1.62. The molecule has 0 fully saturated rings. The molecule has 2 aromatic rings. The monoisotopic (exact) mass is 246 g/mol. The number of methoxy groups -OCH3 is 1. The van der Waals surface area contributed by atoms with Gasteiger partial charge in [0.15, 0.2) is 0 Å². The van der Waals surface area contributed by atoms with Gasteiger partial charge in [0.1, 0.15) is 5.69 Å². The molecule has 1 heterocycles. The molecule has 0 saturated heterocycles. The Hall–Kier alpha value is -1.87. The molecule has 0 N–H and O–H groups in total. The van der Waals surface area contributed by atoms with E-state index in [1.807, 2.05) is 18.2 Å². The molecular formula is C13H9ClNO2. The molecule has 85 valence electrons. The molecular weight excluding hydrogens is 238 g/mol. The number of rotatable bonds is 2. The Labute approximate surface area is 104 Å². The highest BCUT2D eigenvalue weighted by atomic mass is 35.5. The molecule has 0 atom stereocenters. The number of aromatic nitrogens is 1. The summed E-state index contributed by atoms with van der Waals surface area (Å²) in [6, 6.07) is 13.4. The zero-order chi connectivity index (χ0) is 12.3. The Morgan fingerprint density at radius 1 is 1.35 bits per heavy atom. The highest BCUT2D eigenvalue weighted by Gasteiger charge is 2.10. The summed E-state index contributed by atoms with van der Waals surface area (Å²) in [4.78, 5) is 15.5. The van der Waals surface area contributed by atoms with E-state index in [2.05, 4.69) is 15.8 Å². The number of hydrogen-bond donors (Lipinski definition) is 0. The van der Waals surface area contributed by atoms with E-state index < -0.39 is 5.97 Å². The number of carbonyl (C=O) groups excluding carboxylic acids is 1. The highest BCUT2D eigenvalue weighted by molar-refractivity contribution is 6.33. The van der Waals surface area contributed by atoms with Crippen LogP contribution in [0.1, 0.15) is 10.5 Å². The fraction of sp³-hybridized carbons (Fsp3) is 0.0769. The number of ether oxygens (including phenoxy) is 1. The van der Waals surface area contributed by atoms with Gasteiger partial charge >= 0.3 is 5.97 Å². The molecule has 0 amide bonds. The second-order valence-electron chi connectivity index (χ2n) is 3.29. The van der Waals surface area contributed by atoms with Gasteiger partial charge in [0.05, 0.1) is 12.8 Å². The normalized spacial score (nSPS) is 10.0. The van der Waals surface area contributed by atoms with Crippen LogP contribution in [0.25, 0.3) is 11.3 Å². The lowest BCUT2D eigenvalue weighted by Gasteiger charge is -2.04. The Balaban J connectivity index is 2.47. The molecule has 1 aromatic heterocycles. The Kier molecular flexibility index (Phi) is 3.40. The van der Waals surface area contributed by atoms with Crippen molar-refractivity contribution in [2.24, 2.45) is 0 Å². The Morgan fingerprint density at radius 3 is 2.82 bits per heavy atom. The van der Waals surface area contributed by atoms with Crippen molar-refractivity contribution in [3.63, 3.8) is 0 Å². The maximum Gasteiger partial charge on any atom is 0.356 e. The van der Waals surface area contributed by atoms with Gasteiger partial charge in [-0.1, -0.05) is 29.8 Å². The maximum atomic E-state index is 11.4. The molecule has 1 aromatic carbocycles. The van der Waals surface area contributed by atoms with Crippen molar-refractivity contribution in [2.45, 2.75) is 0 Å². The van der Waals surface area contributed by atoms with Gasteiger partial charge in [0.25, 0.3) is 0 Å². The van der Waals surface area contributed by atoms with Gasteiger partial charge in [-0.15, -0.1) is 0 Å². The van der Waals surface area contributed by atoms with Gasteiger partial charge in [0.2, 0.25) is 0 Å². The minimum absolute atomic E-state index is 0.237. The first-order chi connectivity index (χ1) is 8.22. The molecule has 0 aliphatic heterocycles. The molecule has 4 heteroatoms. The molecule has 17 heavy (non-hydrogen) atoms. The predicted octanol–water partition coefficient (Wildman–Crippen LogP) is 2.99.